The second kappa shape index (κ2) is 13.0. The van der Waals surface area contributed by atoms with E-state index in [1.807, 2.05) is 0 Å². The van der Waals surface area contributed by atoms with Crippen molar-refractivity contribution in [1.82, 2.24) is 5.43 Å². The van der Waals surface area contributed by atoms with Crippen molar-refractivity contribution in [3.8, 4) is 11.5 Å². The van der Waals surface area contributed by atoms with Gasteiger partial charge in [0.05, 0.1) is 31.1 Å². The minimum Gasteiger partial charge on any atom is -0.497 e. The molecule has 1 heterocycles. The van der Waals surface area contributed by atoms with E-state index in [1.54, 1.807) is 55.5 Å². The van der Waals surface area contributed by atoms with Gasteiger partial charge in [0, 0.05) is 4.88 Å². The molecule has 208 valence electrons. The van der Waals surface area contributed by atoms with Crippen LogP contribution in [0.2, 0.25) is 0 Å². The number of carbonyl (C=O) groups excluding carboxylic acids is 4. The maximum Gasteiger partial charge on any atom is 0.343 e. The molecular weight excluding hydrogens is 534 g/mol. The minimum absolute atomic E-state index is 0.199. The third-order valence-electron chi connectivity index (χ3n) is 6.20. The molecule has 0 spiro atoms. The monoisotopic (exact) mass is 563 g/mol. The van der Waals surface area contributed by atoms with E-state index in [1.165, 1.54) is 24.7 Å². The molecule has 2 aromatic carbocycles. The molecule has 0 bridgehead atoms. The highest BCUT2D eigenvalue weighted by Crippen LogP contribution is 2.40. The van der Waals surface area contributed by atoms with E-state index in [4.69, 9.17) is 14.2 Å². The number of benzene rings is 2. The molecule has 0 saturated heterocycles. The van der Waals surface area contributed by atoms with E-state index in [9.17, 15) is 19.2 Å². The highest BCUT2D eigenvalue weighted by atomic mass is 32.1. The van der Waals surface area contributed by atoms with Crippen LogP contribution in [0.1, 0.15) is 57.0 Å². The number of thiophene rings is 1. The number of amides is 2. The first kappa shape index (κ1) is 28.5. The van der Waals surface area contributed by atoms with Crippen LogP contribution in [0.5, 0.6) is 11.5 Å². The van der Waals surface area contributed by atoms with E-state index < -0.39 is 23.8 Å². The van der Waals surface area contributed by atoms with Gasteiger partial charge in [-0.25, -0.2) is 15.0 Å². The topological polar surface area (TPSA) is 132 Å². The first-order valence-corrected chi connectivity index (χ1v) is 13.5. The number of anilines is 1. The lowest BCUT2D eigenvalue weighted by molar-refractivity contribution is -0.136. The predicted molar refractivity (Wildman–Crippen MR) is 150 cm³/mol. The van der Waals surface area contributed by atoms with Crippen LogP contribution >= 0.6 is 11.3 Å². The summed E-state index contributed by atoms with van der Waals surface area (Å²) >= 11 is 1.29. The summed E-state index contributed by atoms with van der Waals surface area (Å²) in [5, 5.41) is 6.69. The summed E-state index contributed by atoms with van der Waals surface area (Å²) in [6.45, 7) is 4.05. The Kier molecular flexibility index (Phi) is 9.28. The number of nitrogens with zero attached hydrogens (tertiary/aromatic N) is 1. The number of ether oxygens (including phenoxy) is 3. The third kappa shape index (κ3) is 6.92. The van der Waals surface area contributed by atoms with E-state index in [0.29, 0.717) is 39.8 Å². The Labute approximate surface area is 235 Å². The summed E-state index contributed by atoms with van der Waals surface area (Å²) in [5.74, 6) is -1.67. The number of hydrazone groups is 1. The molecule has 2 N–H and O–H groups in total. The molecule has 1 aliphatic carbocycles. The Hall–Kier alpha value is -4.51. The zero-order valence-electron chi connectivity index (χ0n) is 22.3. The van der Waals surface area contributed by atoms with Gasteiger partial charge in [0.1, 0.15) is 16.5 Å². The molecule has 11 heteroatoms. The second-order valence-corrected chi connectivity index (χ2v) is 10.2. The largest absolute Gasteiger partial charge is 0.497 e. The maximum atomic E-state index is 12.6. The number of hydrogen-bond acceptors (Lipinski definition) is 9. The standard InChI is InChI=1S/C29H29N3O7S/c1-4-38-29(36)24-22-13-8-17(2)14-23(22)40-27(24)31-25(33)26(34)32-30-16-18-6-5-7-21(15-18)39-28(35)19-9-11-20(37-3)12-10-19/h5-7,9-12,15-17H,4,8,13-14H2,1-3H3,(H,31,33)(H,32,34)/b30-16+. The number of nitrogens with one attached hydrogen (secondary N) is 2. The average Bonchev–Trinajstić information content (AvgIpc) is 3.30. The molecule has 1 unspecified atom stereocenters. The van der Waals surface area contributed by atoms with Crippen LogP contribution in [-0.2, 0) is 27.2 Å². The van der Waals surface area contributed by atoms with Gasteiger partial charge in [-0.05, 0) is 79.6 Å². The number of hydrogen-bond donors (Lipinski definition) is 2. The van der Waals surface area contributed by atoms with Gasteiger partial charge in [0.25, 0.3) is 0 Å². The Morgan fingerprint density at radius 3 is 2.55 bits per heavy atom. The number of carbonyl (C=O) groups is 4. The number of fused-ring (bicyclic) bond motifs is 1. The molecule has 0 aliphatic heterocycles. The van der Waals surface area contributed by atoms with Gasteiger partial charge in [-0.1, -0.05) is 19.1 Å². The van der Waals surface area contributed by atoms with Crippen LogP contribution in [0.25, 0.3) is 0 Å². The molecule has 2 amide bonds. The summed E-state index contributed by atoms with van der Waals surface area (Å²) in [4.78, 5) is 51.1. The van der Waals surface area contributed by atoms with Crippen LogP contribution in [0.4, 0.5) is 5.00 Å². The molecule has 1 aromatic heterocycles. The van der Waals surface area contributed by atoms with Crippen molar-refractivity contribution in [3.63, 3.8) is 0 Å². The van der Waals surface area contributed by atoms with Gasteiger partial charge in [0.15, 0.2) is 0 Å². The second-order valence-electron chi connectivity index (χ2n) is 9.12. The lowest BCUT2D eigenvalue weighted by Gasteiger charge is -2.18. The van der Waals surface area contributed by atoms with E-state index in [2.05, 4.69) is 22.8 Å². The van der Waals surface area contributed by atoms with Crippen molar-refractivity contribution in [2.75, 3.05) is 19.0 Å². The van der Waals surface area contributed by atoms with Crippen molar-refractivity contribution >= 4 is 46.3 Å². The van der Waals surface area contributed by atoms with E-state index in [-0.39, 0.29) is 12.4 Å². The lowest BCUT2D eigenvalue weighted by atomic mass is 9.88. The summed E-state index contributed by atoms with van der Waals surface area (Å²) in [6.07, 6.45) is 3.75. The summed E-state index contributed by atoms with van der Waals surface area (Å²) in [5.41, 5.74) is 4.25. The quantitative estimate of drug-likeness (QED) is 0.137. The molecule has 1 aliphatic rings. The van der Waals surface area contributed by atoms with Crippen LogP contribution < -0.4 is 20.2 Å². The Morgan fingerprint density at radius 1 is 1.05 bits per heavy atom. The fraction of sp³-hybridized carbons (Fsp3) is 0.276. The van der Waals surface area contributed by atoms with Crippen molar-refractivity contribution in [2.45, 2.75) is 33.1 Å². The Morgan fingerprint density at radius 2 is 1.82 bits per heavy atom. The average molecular weight is 564 g/mol. The molecular formula is C29H29N3O7S. The van der Waals surface area contributed by atoms with Crippen molar-refractivity contribution in [3.05, 3.63) is 75.7 Å². The highest BCUT2D eigenvalue weighted by molar-refractivity contribution is 7.17. The molecule has 1 atom stereocenters. The molecule has 10 nitrogen and oxygen atoms in total. The van der Waals surface area contributed by atoms with E-state index >= 15 is 0 Å². The van der Waals surface area contributed by atoms with Gasteiger partial charge < -0.3 is 19.5 Å². The lowest BCUT2D eigenvalue weighted by Crippen LogP contribution is -2.32. The predicted octanol–water partition coefficient (Wildman–Crippen LogP) is 4.37. The molecule has 0 saturated carbocycles. The molecule has 3 aromatic rings. The Balaban J connectivity index is 1.37. The van der Waals surface area contributed by atoms with Crippen LogP contribution in [-0.4, -0.2) is 43.7 Å². The van der Waals surface area contributed by atoms with Crippen molar-refractivity contribution < 1.29 is 33.4 Å². The third-order valence-corrected chi connectivity index (χ3v) is 7.37. The number of methoxy groups -OCH3 is 1. The molecule has 0 radical (unpaired) electrons. The van der Waals surface area contributed by atoms with Crippen molar-refractivity contribution in [2.24, 2.45) is 11.0 Å². The smallest absolute Gasteiger partial charge is 0.343 e. The normalized spacial score (nSPS) is 14.2. The highest BCUT2D eigenvalue weighted by Gasteiger charge is 2.30. The fourth-order valence-electron chi connectivity index (χ4n) is 4.19. The van der Waals surface area contributed by atoms with Gasteiger partial charge in [0.2, 0.25) is 0 Å². The van der Waals surface area contributed by atoms with Gasteiger partial charge in [-0.15, -0.1) is 11.3 Å². The van der Waals surface area contributed by atoms with Crippen LogP contribution in [0.3, 0.4) is 0 Å². The minimum atomic E-state index is -1.01. The van der Waals surface area contributed by atoms with Gasteiger partial charge >= 0.3 is 23.8 Å². The summed E-state index contributed by atoms with van der Waals surface area (Å²) in [6, 6.07) is 13.0. The zero-order valence-corrected chi connectivity index (χ0v) is 23.1. The number of esters is 2. The van der Waals surface area contributed by atoms with E-state index in [0.717, 1.165) is 23.3 Å². The van der Waals surface area contributed by atoms with Gasteiger partial charge in [-0.3, -0.25) is 9.59 Å². The first-order chi connectivity index (χ1) is 19.3. The first-order valence-electron chi connectivity index (χ1n) is 12.7. The summed E-state index contributed by atoms with van der Waals surface area (Å²) in [7, 11) is 1.54. The van der Waals surface area contributed by atoms with Crippen LogP contribution in [0.15, 0.2) is 53.6 Å². The number of rotatable bonds is 8. The molecule has 40 heavy (non-hydrogen) atoms. The zero-order chi connectivity index (χ0) is 28.6. The molecule has 4 rings (SSSR count). The summed E-state index contributed by atoms with van der Waals surface area (Å²) < 4.78 is 15.7. The van der Waals surface area contributed by atoms with Crippen molar-refractivity contribution in [1.29, 1.82) is 0 Å². The Bertz CT molecular complexity index is 1450. The van der Waals surface area contributed by atoms with Crippen LogP contribution in [0, 0.1) is 5.92 Å². The molecule has 0 fully saturated rings. The van der Waals surface area contributed by atoms with Gasteiger partial charge in [-0.2, -0.15) is 5.10 Å². The maximum absolute atomic E-state index is 12.6. The SMILES string of the molecule is CCOC(=O)c1c(NC(=O)C(=O)N/N=C/c2cccc(OC(=O)c3ccc(OC)cc3)c2)sc2c1CCC(C)C2. The fourth-order valence-corrected chi connectivity index (χ4v) is 5.58.